The standard InChI is InChI=1S/C6H14N4O2.ClH/c7-4(5(11)12)2-1-3-10-6(8)9;/h4H,1-3,7H2,(H,11,12)(H4,8,9,10);1H/t4-;/m0./s1/i1D2,3+1D2;. The van der Waals surface area contributed by atoms with Gasteiger partial charge in [0, 0.05) is 9.24 Å². The fraction of sp³-hybridized carbons (Fsp3) is 0.667. The number of nitrogens with zero attached hydrogens (tertiary/aromatic N) is 1. The lowest BCUT2D eigenvalue weighted by Crippen LogP contribution is -2.30. The maximum absolute atomic E-state index is 10.4. The van der Waals surface area contributed by atoms with Gasteiger partial charge in [-0.1, -0.05) is 0 Å². The van der Waals surface area contributed by atoms with Crippen LogP contribution in [0.5, 0.6) is 0 Å². The lowest BCUT2D eigenvalue weighted by molar-refractivity contribution is -0.138. The summed E-state index contributed by atoms with van der Waals surface area (Å²) in [6.45, 7) is -2.74. The maximum atomic E-state index is 10.4. The summed E-state index contributed by atoms with van der Waals surface area (Å²) in [7, 11) is 0. The Kier molecular flexibility index (Phi) is 4.34. The van der Waals surface area contributed by atoms with Crippen molar-refractivity contribution >= 4 is 24.3 Å². The molecule has 0 aromatic carbocycles. The lowest BCUT2D eigenvalue weighted by Gasteiger charge is -2.03. The molecule has 0 saturated carbocycles. The van der Waals surface area contributed by atoms with Crippen LogP contribution < -0.4 is 17.2 Å². The van der Waals surface area contributed by atoms with Gasteiger partial charge in [-0.3, -0.25) is 9.79 Å². The average molecular weight is 216 g/mol. The van der Waals surface area contributed by atoms with Crippen LogP contribution in [0.4, 0.5) is 0 Å². The van der Waals surface area contributed by atoms with Gasteiger partial charge in [0.25, 0.3) is 0 Å². The van der Waals surface area contributed by atoms with E-state index in [0.717, 1.165) is 0 Å². The van der Waals surface area contributed by atoms with E-state index in [1.165, 1.54) is 0 Å². The van der Waals surface area contributed by atoms with Gasteiger partial charge >= 0.3 is 5.97 Å². The largest absolute Gasteiger partial charge is 0.480 e. The molecule has 0 aromatic rings. The Hall–Kier alpha value is -1.01. The summed E-state index contributed by atoms with van der Waals surface area (Å²) >= 11 is 0. The SMILES string of the molecule is Cl.[2H]C([2H])(C[C@H](N)C(=O)O)[13C]([2H])([2H])N=C(N)N. The monoisotopic (exact) mass is 215 g/mol. The first-order valence-corrected chi connectivity index (χ1v) is 3.09. The molecular weight excluding hydrogens is 197 g/mol. The molecule has 7 N–H and O–H groups in total. The molecule has 0 rings (SSSR count). The molecule has 0 aliphatic heterocycles. The van der Waals surface area contributed by atoms with E-state index < -0.39 is 37.3 Å². The second kappa shape index (κ2) is 7.63. The number of hydrogen-bond donors (Lipinski definition) is 4. The van der Waals surface area contributed by atoms with Crippen LogP contribution in [0.3, 0.4) is 0 Å². The number of carbonyl (C=O) groups is 1. The summed E-state index contributed by atoms with van der Waals surface area (Å²) in [5.74, 6) is -2.05. The Labute approximate surface area is 88.2 Å². The number of carboxylic acid groups (broad SMARTS) is 1. The number of hydrogen-bond acceptors (Lipinski definition) is 3. The minimum atomic E-state index is -2.74. The molecule has 0 heterocycles. The first kappa shape index (κ1) is 7.40. The molecule has 1 atom stereocenters. The van der Waals surface area contributed by atoms with Crippen molar-refractivity contribution in [2.45, 2.75) is 18.8 Å². The summed E-state index contributed by atoms with van der Waals surface area (Å²) in [5.41, 5.74) is 15.0. The van der Waals surface area contributed by atoms with Gasteiger partial charge in [0.05, 0.1) is 2.74 Å². The molecular formula is C6H15ClN4O2. The first-order chi connectivity index (χ1) is 6.99. The van der Waals surface area contributed by atoms with Crippen LogP contribution >= 0.6 is 12.4 Å². The quantitative estimate of drug-likeness (QED) is 0.262. The van der Waals surface area contributed by atoms with Gasteiger partial charge in [0.1, 0.15) is 6.04 Å². The van der Waals surface area contributed by atoms with Crippen molar-refractivity contribution in [3.8, 4) is 0 Å². The third-order valence-corrected chi connectivity index (χ3v) is 0.903. The zero-order valence-corrected chi connectivity index (χ0v) is 7.54. The van der Waals surface area contributed by atoms with E-state index in [4.69, 9.17) is 27.8 Å². The van der Waals surface area contributed by atoms with E-state index in [9.17, 15) is 4.79 Å². The molecule has 0 unspecified atom stereocenters. The maximum Gasteiger partial charge on any atom is 0.320 e. The van der Waals surface area contributed by atoms with Crippen LogP contribution in [0.15, 0.2) is 4.99 Å². The molecule has 0 radical (unpaired) electrons. The third-order valence-electron chi connectivity index (χ3n) is 0.903. The van der Waals surface area contributed by atoms with Crippen molar-refractivity contribution in [2.75, 3.05) is 6.50 Å². The summed E-state index contributed by atoms with van der Waals surface area (Å²) in [6, 6.07) is -1.53. The van der Waals surface area contributed by atoms with Gasteiger partial charge in [0.2, 0.25) is 0 Å². The Morgan fingerprint density at radius 3 is 2.54 bits per heavy atom. The van der Waals surface area contributed by atoms with Crippen LogP contribution in [0.1, 0.15) is 18.3 Å². The minimum Gasteiger partial charge on any atom is -0.480 e. The molecule has 7 heteroatoms. The van der Waals surface area contributed by atoms with Crippen LogP contribution in [-0.4, -0.2) is 29.6 Å². The number of halogens is 1. The number of rotatable bonds is 5. The van der Waals surface area contributed by atoms with Crippen LogP contribution in [-0.2, 0) is 4.79 Å². The van der Waals surface area contributed by atoms with Gasteiger partial charge in [-0.05, 0) is 12.8 Å². The van der Waals surface area contributed by atoms with Gasteiger partial charge in [-0.25, -0.2) is 0 Å². The highest BCUT2D eigenvalue weighted by Gasteiger charge is 2.09. The van der Waals surface area contributed by atoms with Gasteiger partial charge in [0.15, 0.2) is 5.96 Å². The van der Waals surface area contributed by atoms with Gasteiger partial charge in [-0.2, -0.15) is 0 Å². The number of guanidine groups is 1. The van der Waals surface area contributed by atoms with Gasteiger partial charge in [-0.15, -0.1) is 12.4 Å². The Balaban J connectivity index is 0. The fourth-order valence-electron chi connectivity index (χ4n) is 0.347. The molecule has 6 nitrogen and oxygen atoms in total. The molecule has 0 saturated heterocycles. The molecule has 0 spiro atoms. The molecule has 0 amide bonds. The zero-order valence-electron chi connectivity index (χ0n) is 10.7. The third kappa shape index (κ3) is 8.90. The highest BCUT2D eigenvalue weighted by atomic mass is 35.5. The molecule has 0 fully saturated rings. The highest BCUT2D eigenvalue weighted by Crippen LogP contribution is 1.94. The smallest absolute Gasteiger partial charge is 0.320 e. The van der Waals surface area contributed by atoms with Crippen molar-refractivity contribution < 1.29 is 15.4 Å². The average Bonchev–Trinajstić information content (AvgIpc) is 1.99. The van der Waals surface area contributed by atoms with Crippen molar-refractivity contribution in [2.24, 2.45) is 22.2 Å². The predicted octanol–water partition coefficient (Wildman–Crippen LogP) is -1.13. The summed E-state index contributed by atoms with van der Waals surface area (Å²) in [4.78, 5) is 13.5. The molecule has 78 valence electrons. The second-order valence-electron chi connectivity index (χ2n) is 1.97. The van der Waals surface area contributed by atoms with E-state index in [2.05, 4.69) is 4.99 Å². The molecule has 13 heavy (non-hydrogen) atoms. The van der Waals surface area contributed by atoms with Crippen molar-refractivity contribution in [1.82, 2.24) is 0 Å². The number of aliphatic carboxylic acids is 1. The second-order valence-corrected chi connectivity index (χ2v) is 1.97. The fourth-order valence-corrected chi connectivity index (χ4v) is 0.347. The molecule has 0 aliphatic carbocycles. The zero-order chi connectivity index (χ0) is 13.1. The number of carboxylic acids is 1. The van der Waals surface area contributed by atoms with Crippen LogP contribution in [0.25, 0.3) is 0 Å². The van der Waals surface area contributed by atoms with Crippen molar-refractivity contribution in [3.63, 3.8) is 0 Å². The molecule has 0 aromatic heterocycles. The topological polar surface area (TPSA) is 128 Å². The highest BCUT2D eigenvalue weighted by molar-refractivity contribution is 5.85. The van der Waals surface area contributed by atoms with Crippen molar-refractivity contribution in [1.29, 1.82) is 0 Å². The van der Waals surface area contributed by atoms with Gasteiger partial charge < -0.3 is 22.3 Å². The Bertz CT molecular complexity index is 308. The minimum absolute atomic E-state index is 0. The summed E-state index contributed by atoms with van der Waals surface area (Å²) in [6.07, 6.45) is -3.33. The molecule has 0 bridgehead atoms. The number of nitrogens with two attached hydrogens (primary N) is 3. The van der Waals surface area contributed by atoms with E-state index in [1.807, 2.05) is 0 Å². The van der Waals surface area contributed by atoms with E-state index in [1.54, 1.807) is 0 Å². The normalized spacial score (nSPS) is 17.9. The predicted molar refractivity (Wildman–Crippen MR) is 52.8 cm³/mol. The number of aliphatic imine (C=N–C) groups is 1. The molecule has 0 aliphatic rings. The van der Waals surface area contributed by atoms with Crippen LogP contribution in [0, 0.1) is 0 Å². The van der Waals surface area contributed by atoms with E-state index in [-0.39, 0.29) is 12.4 Å². The van der Waals surface area contributed by atoms with Crippen LogP contribution in [0.2, 0.25) is 0 Å². The Morgan fingerprint density at radius 1 is 1.62 bits per heavy atom. The Morgan fingerprint density at radius 2 is 2.15 bits per heavy atom. The van der Waals surface area contributed by atoms with Crippen molar-refractivity contribution in [3.05, 3.63) is 0 Å². The summed E-state index contributed by atoms with van der Waals surface area (Å²) < 4.78 is 29.3. The first-order valence-electron chi connectivity index (χ1n) is 5.09. The van der Waals surface area contributed by atoms with E-state index >= 15 is 0 Å². The summed E-state index contributed by atoms with van der Waals surface area (Å²) in [5, 5.41) is 8.49. The van der Waals surface area contributed by atoms with E-state index in [0.29, 0.717) is 0 Å². The lowest BCUT2D eigenvalue weighted by atomic mass is 10.2.